The first-order valence-corrected chi connectivity index (χ1v) is 12.0. The lowest BCUT2D eigenvalue weighted by Crippen LogP contribution is -2.31. The molecule has 5 aromatic rings. The van der Waals surface area contributed by atoms with Crippen molar-refractivity contribution in [3.8, 4) is 5.75 Å². The summed E-state index contributed by atoms with van der Waals surface area (Å²) in [7, 11) is 0. The SMILES string of the molecule is O=C(c1cccc(OCc2cscn2)c1)N(Cc1ccccc1)Cc1nc2ccccc2c(=O)[nH]1. The van der Waals surface area contributed by atoms with Crippen molar-refractivity contribution in [2.45, 2.75) is 19.7 Å². The predicted molar refractivity (Wildman–Crippen MR) is 135 cm³/mol. The van der Waals surface area contributed by atoms with Crippen LogP contribution in [0.5, 0.6) is 5.75 Å². The summed E-state index contributed by atoms with van der Waals surface area (Å²) in [6, 6.07) is 24.0. The zero-order valence-corrected chi connectivity index (χ0v) is 19.6. The largest absolute Gasteiger partial charge is 0.487 e. The molecule has 0 saturated heterocycles. The molecule has 0 spiro atoms. The van der Waals surface area contributed by atoms with Gasteiger partial charge in [-0.1, -0.05) is 48.5 Å². The number of nitrogens with one attached hydrogen (secondary N) is 1. The smallest absolute Gasteiger partial charge is 0.258 e. The van der Waals surface area contributed by atoms with Crippen molar-refractivity contribution in [2.75, 3.05) is 0 Å². The highest BCUT2D eigenvalue weighted by atomic mass is 32.1. The van der Waals surface area contributed by atoms with E-state index in [4.69, 9.17) is 4.74 Å². The average Bonchev–Trinajstić information content (AvgIpc) is 3.41. The molecule has 8 heteroatoms. The van der Waals surface area contributed by atoms with Gasteiger partial charge >= 0.3 is 0 Å². The van der Waals surface area contributed by atoms with Gasteiger partial charge < -0.3 is 14.6 Å². The normalized spacial score (nSPS) is 10.9. The van der Waals surface area contributed by atoms with Gasteiger partial charge in [0.1, 0.15) is 18.2 Å². The number of hydrogen-bond acceptors (Lipinski definition) is 6. The van der Waals surface area contributed by atoms with E-state index in [-0.39, 0.29) is 18.0 Å². The molecule has 1 amide bonds. The summed E-state index contributed by atoms with van der Waals surface area (Å²) < 4.78 is 5.84. The molecular formula is C27H22N4O3S. The molecule has 2 heterocycles. The Hall–Kier alpha value is -4.30. The van der Waals surface area contributed by atoms with Gasteiger partial charge in [0.05, 0.1) is 28.7 Å². The fourth-order valence-electron chi connectivity index (χ4n) is 3.76. The van der Waals surface area contributed by atoms with Crippen LogP contribution in [0.4, 0.5) is 0 Å². The molecule has 0 fully saturated rings. The van der Waals surface area contributed by atoms with Gasteiger partial charge in [-0.3, -0.25) is 9.59 Å². The molecule has 5 rings (SSSR count). The Balaban J connectivity index is 1.42. The number of carbonyl (C=O) groups excluding carboxylic acids is 1. The van der Waals surface area contributed by atoms with E-state index in [1.807, 2.05) is 47.8 Å². The van der Waals surface area contributed by atoms with Crippen molar-refractivity contribution in [3.63, 3.8) is 0 Å². The van der Waals surface area contributed by atoms with Gasteiger partial charge in [-0.25, -0.2) is 9.97 Å². The van der Waals surface area contributed by atoms with Gasteiger partial charge in [-0.2, -0.15) is 0 Å². The monoisotopic (exact) mass is 482 g/mol. The van der Waals surface area contributed by atoms with Crippen LogP contribution < -0.4 is 10.3 Å². The molecule has 7 nitrogen and oxygen atoms in total. The van der Waals surface area contributed by atoms with E-state index in [0.29, 0.717) is 41.2 Å². The predicted octanol–water partition coefficient (Wildman–Crippen LogP) is 4.80. The molecule has 0 unspecified atom stereocenters. The first-order chi connectivity index (χ1) is 17.2. The third-order valence-electron chi connectivity index (χ3n) is 5.46. The average molecular weight is 483 g/mol. The third kappa shape index (κ3) is 5.44. The van der Waals surface area contributed by atoms with Crippen molar-refractivity contribution < 1.29 is 9.53 Å². The van der Waals surface area contributed by atoms with E-state index in [1.165, 1.54) is 11.3 Å². The van der Waals surface area contributed by atoms with Gasteiger partial charge in [0.2, 0.25) is 0 Å². The lowest BCUT2D eigenvalue weighted by molar-refractivity contribution is 0.0725. The second-order valence-corrected chi connectivity index (χ2v) is 8.69. The molecule has 1 N–H and O–H groups in total. The zero-order chi connectivity index (χ0) is 24.0. The number of benzene rings is 3. The minimum atomic E-state index is -0.227. The van der Waals surface area contributed by atoms with Crippen molar-refractivity contribution in [2.24, 2.45) is 0 Å². The van der Waals surface area contributed by atoms with E-state index in [0.717, 1.165) is 11.3 Å². The summed E-state index contributed by atoms with van der Waals surface area (Å²) in [5.41, 5.74) is 4.42. The molecule has 0 aliphatic rings. The standard InChI is InChI=1S/C27H22N4O3S/c32-26-23-11-4-5-12-24(23)29-25(30-26)15-31(14-19-7-2-1-3-8-19)27(33)20-9-6-10-22(13-20)34-16-21-17-35-18-28-21/h1-13,17-18H,14-16H2,(H,29,30,32). The number of H-pyrrole nitrogens is 1. The number of para-hydroxylation sites is 1. The molecule has 0 saturated carbocycles. The van der Waals surface area contributed by atoms with Gasteiger partial charge in [0.25, 0.3) is 11.5 Å². The van der Waals surface area contributed by atoms with Crippen molar-refractivity contribution in [3.05, 3.63) is 123 Å². The molecular weight excluding hydrogens is 460 g/mol. The Labute approximate surface area is 205 Å². The number of amides is 1. The molecule has 0 bridgehead atoms. The number of hydrogen-bond donors (Lipinski definition) is 1. The van der Waals surface area contributed by atoms with Gasteiger partial charge in [-0.05, 0) is 35.9 Å². The van der Waals surface area contributed by atoms with Gasteiger partial charge in [0, 0.05) is 17.5 Å². The van der Waals surface area contributed by atoms with Crippen LogP contribution in [0, 0.1) is 0 Å². The summed E-state index contributed by atoms with van der Waals surface area (Å²) in [4.78, 5) is 39.5. The lowest BCUT2D eigenvalue weighted by Gasteiger charge is -2.23. The quantitative estimate of drug-likeness (QED) is 0.343. The number of aromatic nitrogens is 3. The number of nitrogens with zero attached hydrogens (tertiary/aromatic N) is 3. The Bertz CT molecular complexity index is 1500. The third-order valence-corrected chi connectivity index (χ3v) is 6.09. The first kappa shape index (κ1) is 22.5. The van der Waals surface area contributed by atoms with E-state index in [1.54, 1.807) is 46.8 Å². The number of ether oxygens (including phenoxy) is 1. The fraction of sp³-hybridized carbons (Fsp3) is 0.111. The lowest BCUT2D eigenvalue weighted by atomic mass is 10.1. The maximum Gasteiger partial charge on any atom is 0.258 e. The Morgan fingerprint density at radius 2 is 1.80 bits per heavy atom. The number of thiazole rings is 1. The summed E-state index contributed by atoms with van der Waals surface area (Å²) >= 11 is 1.51. The Morgan fingerprint density at radius 1 is 0.971 bits per heavy atom. The fourth-order valence-corrected chi connectivity index (χ4v) is 4.30. The zero-order valence-electron chi connectivity index (χ0n) is 18.8. The topological polar surface area (TPSA) is 88.2 Å². The van der Waals surface area contributed by atoms with E-state index in [9.17, 15) is 9.59 Å². The highest BCUT2D eigenvalue weighted by Crippen LogP contribution is 2.19. The van der Waals surface area contributed by atoms with Crippen LogP contribution in [0.2, 0.25) is 0 Å². The number of rotatable bonds is 8. The Morgan fingerprint density at radius 3 is 2.63 bits per heavy atom. The molecule has 0 aliphatic carbocycles. The molecule has 0 radical (unpaired) electrons. The molecule has 3 aromatic carbocycles. The minimum Gasteiger partial charge on any atom is -0.487 e. The molecule has 2 aromatic heterocycles. The molecule has 0 aliphatic heterocycles. The second kappa shape index (κ2) is 10.3. The maximum absolute atomic E-state index is 13.6. The second-order valence-electron chi connectivity index (χ2n) is 7.97. The van der Waals surface area contributed by atoms with Gasteiger partial charge in [-0.15, -0.1) is 11.3 Å². The minimum absolute atomic E-state index is 0.151. The van der Waals surface area contributed by atoms with Crippen molar-refractivity contribution >= 4 is 28.1 Å². The Kier molecular flexibility index (Phi) is 6.63. The number of carbonyl (C=O) groups is 1. The van der Waals surface area contributed by atoms with E-state index >= 15 is 0 Å². The van der Waals surface area contributed by atoms with Crippen LogP contribution >= 0.6 is 11.3 Å². The van der Waals surface area contributed by atoms with Crippen LogP contribution in [0.25, 0.3) is 10.9 Å². The number of fused-ring (bicyclic) bond motifs is 1. The van der Waals surface area contributed by atoms with Crippen LogP contribution in [0.15, 0.2) is 94.5 Å². The summed E-state index contributed by atoms with van der Waals surface area (Å²) in [6.45, 7) is 0.842. The summed E-state index contributed by atoms with van der Waals surface area (Å²) in [5, 5.41) is 2.44. The highest BCUT2D eigenvalue weighted by Gasteiger charge is 2.19. The van der Waals surface area contributed by atoms with Crippen LogP contribution in [0.3, 0.4) is 0 Å². The van der Waals surface area contributed by atoms with Crippen LogP contribution in [-0.2, 0) is 19.7 Å². The van der Waals surface area contributed by atoms with E-state index in [2.05, 4.69) is 15.0 Å². The molecule has 0 atom stereocenters. The van der Waals surface area contributed by atoms with Crippen molar-refractivity contribution in [1.82, 2.24) is 19.9 Å². The van der Waals surface area contributed by atoms with Crippen LogP contribution in [0.1, 0.15) is 27.4 Å². The van der Waals surface area contributed by atoms with Gasteiger partial charge in [0.15, 0.2) is 0 Å². The first-order valence-electron chi connectivity index (χ1n) is 11.1. The van der Waals surface area contributed by atoms with Crippen molar-refractivity contribution in [1.29, 1.82) is 0 Å². The maximum atomic E-state index is 13.6. The van der Waals surface area contributed by atoms with E-state index < -0.39 is 0 Å². The number of aromatic amines is 1. The molecule has 174 valence electrons. The van der Waals surface area contributed by atoms with Crippen LogP contribution in [-0.4, -0.2) is 25.8 Å². The summed E-state index contributed by atoms with van der Waals surface area (Å²) in [5.74, 6) is 0.818. The molecule has 35 heavy (non-hydrogen) atoms. The summed E-state index contributed by atoms with van der Waals surface area (Å²) in [6.07, 6.45) is 0. The highest BCUT2D eigenvalue weighted by molar-refractivity contribution is 7.07.